The molecular weight excluding hydrogens is 224 g/mol. The SMILES string of the molecule is CC(=O)OCC1C2=CCC(O2)C1COC(C)=O. The van der Waals surface area contributed by atoms with Gasteiger partial charge in [-0.3, -0.25) is 9.59 Å². The lowest BCUT2D eigenvalue weighted by Gasteiger charge is -2.22. The van der Waals surface area contributed by atoms with Crippen LogP contribution in [0.15, 0.2) is 11.8 Å². The minimum atomic E-state index is -0.306. The lowest BCUT2D eigenvalue weighted by atomic mass is 9.85. The normalized spacial score (nSPS) is 29.5. The zero-order valence-electron chi connectivity index (χ0n) is 9.97. The Balaban J connectivity index is 1.95. The fourth-order valence-corrected chi connectivity index (χ4v) is 2.32. The van der Waals surface area contributed by atoms with Crippen LogP contribution in [0.5, 0.6) is 0 Å². The van der Waals surface area contributed by atoms with E-state index in [1.807, 2.05) is 6.08 Å². The molecule has 0 aromatic rings. The molecule has 94 valence electrons. The van der Waals surface area contributed by atoms with Crippen LogP contribution < -0.4 is 0 Å². The summed E-state index contributed by atoms with van der Waals surface area (Å²) in [6, 6.07) is 0. The van der Waals surface area contributed by atoms with Crippen LogP contribution in [0.4, 0.5) is 0 Å². The molecule has 0 amide bonds. The van der Waals surface area contributed by atoms with Gasteiger partial charge in [0.15, 0.2) is 0 Å². The zero-order valence-corrected chi connectivity index (χ0v) is 9.97. The third-order valence-corrected chi connectivity index (χ3v) is 3.14. The van der Waals surface area contributed by atoms with Crippen molar-refractivity contribution >= 4 is 11.9 Å². The molecule has 0 aromatic heterocycles. The summed E-state index contributed by atoms with van der Waals surface area (Å²) in [5.74, 6) is 0.385. The van der Waals surface area contributed by atoms with Crippen molar-refractivity contribution in [2.75, 3.05) is 13.2 Å². The molecule has 0 radical (unpaired) electrons. The van der Waals surface area contributed by atoms with Crippen LogP contribution in [-0.4, -0.2) is 31.3 Å². The molecule has 2 rings (SSSR count). The average molecular weight is 240 g/mol. The molecule has 1 saturated heterocycles. The van der Waals surface area contributed by atoms with Crippen molar-refractivity contribution in [1.82, 2.24) is 0 Å². The van der Waals surface area contributed by atoms with E-state index in [2.05, 4.69) is 0 Å². The predicted molar refractivity (Wildman–Crippen MR) is 57.8 cm³/mol. The molecular formula is C12H16O5. The smallest absolute Gasteiger partial charge is 0.302 e. The molecule has 0 aromatic carbocycles. The Kier molecular flexibility index (Phi) is 3.36. The first kappa shape index (κ1) is 12.0. The summed E-state index contributed by atoms with van der Waals surface area (Å²) >= 11 is 0. The van der Waals surface area contributed by atoms with Gasteiger partial charge in [-0.2, -0.15) is 0 Å². The third-order valence-electron chi connectivity index (χ3n) is 3.14. The maximum Gasteiger partial charge on any atom is 0.302 e. The standard InChI is InChI=1S/C12H16O5/c1-7(13)15-5-9-10(6-16-8(2)14)12-4-3-11(9)17-12/h3,9-10,12H,4-6H2,1-2H3. The van der Waals surface area contributed by atoms with Crippen molar-refractivity contribution in [3.63, 3.8) is 0 Å². The molecule has 17 heavy (non-hydrogen) atoms. The van der Waals surface area contributed by atoms with Crippen molar-refractivity contribution in [2.45, 2.75) is 26.4 Å². The summed E-state index contributed by atoms with van der Waals surface area (Å²) in [6.45, 7) is 3.38. The van der Waals surface area contributed by atoms with E-state index in [0.29, 0.717) is 13.2 Å². The van der Waals surface area contributed by atoms with Crippen LogP contribution >= 0.6 is 0 Å². The van der Waals surface area contributed by atoms with E-state index in [-0.39, 0.29) is 29.9 Å². The van der Waals surface area contributed by atoms with Crippen LogP contribution in [0.2, 0.25) is 0 Å². The largest absolute Gasteiger partial charge is 0.494 e. The van der Waals surface area contributed by atoms with E-state index < -0.39 is 0 Å². The van der Waals surface area contributed by atoms with Crippen LogP contribution in [0.25, 0.3) is 0 Å². The van der Waals surface area contributed by atoms with E-state index in [9.17, 15) is 9.59 Å². The maximum absolute atomic E-state index is 10.8. The number of carbonyl (C=O) groups is 2. The fourth-order valence-electron chi connectivity index (χ4n) is 2.32. The average Bonchev–Trinajstić information content (AvgIpc) is 2.83. The number of ether oxygens (including phenoxy) is 3. The quantitative estimate of drug-likeness (QED) is 0.687. The van der Waals surface area contributed by atoms with Crippen molar-refractivity contribution in [3.05, 3.63) is 11.8 Å². The lowest BCUT2D eigenvalue weighted by Crippen LogP contribution is -2.30. The highest BCUT2D eigenvalue weighted by molar-refractivity contribution is 5.66. The van der Waals surface area contributed by atoms with Gasteiger partial charge in [0.25, 0.3) is 0 Å². The molecule has 3 unspecified atom stereocenters. The number of esters is 2. The molecule has 2 heterocycles. The number of hydrogen-bond donors (Lipinski definition) is 0. The van der Waals surface area contributed by atoms with Gasteiger partial charge in [-0.1, -0.05) is 0 Å². The topological polar surface area (TPSA) is 61.8 Å². The number of carbonyl (C=O) groups excluding carboxylic acids is 2. The molecule has 5 heteroatoms. The molecule has 1 fully saturated rings. The first-order chi connectivity index (χ1) is 8.08. The molecule has 2 bridgehead atoms. The first-order valence-electron chi connectivity index (χ1n) is 5.71. The summed E-state index contributed by atoms with van der Waals surface area (Å²) in [5.41, 5.74) is 0. The number of fused-ring (bicyclic) bond motifs is 2. The van der Waals surface area contributed by atoms with E-state index in [1.165, 1.54) is 13.8 Å². The molecule has 2 aliphatic rings. The van der Waals surface area contributed by atoms with E-state index >= 15 is 0 Å². The van der Waals surface area contributed by atoms with Crippen molar-refractivity contribution in [2.24, 2.45) is 11.8 Å². The van der Waals surface area contributed by atoms with E-state index in [0.717, 1.165) is 12.2 Å². The highest BCUT2D eigenvalue weighted by atomic mass is 16.5. The molecule has 0 spiro atoms. The van der Waals surface area contributed by atoms with Crippen LogP contribution in [0, 0.1) is 11.8 Å². The Morgan fingerprint density at radius 3 is 2.59 bits per heavy atom. The maximum atomic E-state index is 10.8. The van der Waals surface area contributed by atoms with Gasteiger partial charge in [0.05, 0.1) is 18.3 Å². The summed E-state index contributed by atoms with van der Waals surface area (Å²) in [6.07, 6.45) is 2.92. The molecule has 0 aliphatic carbocycles. The van der Waals surface area contributed by atoms with Crippen LogP contribution in [-0.2, 0) is 23.8 Å². The van der Waals surface area contributed by atoms with Crippen molar-refractivity contribution in [3.8, 4) is 0 Å². The Bertz CT molecular complexity index is 360. The van der Waals surface area contributed by atoms with Gasteiger partial charge in [0.1, 0.15) is 12.7 Å². The minimum absolute atomic E-state index is 0.0250. The Morgan fingerprint density at radius 1 is 1.29 bits per heavy atom. The Morgan fingerprint density at radius 2 is 1.94 bits per heavy atom. The number of hydrogen-bond acceptors (Lipinski definition) is 5. The fraction of sp³-hybridized carbons (Fsp3) is 0.667. The predicted octanol–water partition coefficient (Wildman–Crippen LogP) is 1.03. The molecule has 0 N–H and O–H groups in total. The van der Waals surface area contributed by atoms with Gasteiger partial charge in [-0.15, -0.1) is 0 Å². The molecule has 0 saturated carbocycles. The summed E-state index contributed by atoms with van der Waals surface area (Å²) < 4.78 is 15.7. The molecule has 5 nitrogen and oxygen atoms in total. The van der Waals surface area contributed by atoms with Crippen molar-refractivity contribution < 1.29 is 23.8 Å². The Labute approximate surface area is 99.7 Å². The van der Waals surface area contributed by atoms with Gasteiger partial charge in [-0.05, 0) is 6.08 Å². The summed E-state index contributed by atoms with van der Waals surface area (Å²) in [4.78, 5) is 21.6. The zero-order chi connectivity index (χ0) is 12.4. The molecule has 2 aliphatic heterocycles. The van der Waals surface area contributed by atoms with Gasteiger partial charge < -0.3 is 14.2 Å². The van der Waals surface area contributed by atoms with Crippen LogP contribution in [0.1, 0.15) is 20.3 Å². The minimum Gasteiger partial charge on any atom is -0.494 e. The van der Waals surface area contributed by atoms with Crippen molar-refractivity contribution in [1.29, 1.82) is 0 Å². The molecule has 3 atom stereocenters. The number of rotatable bonds is 4. The van der Waals surface area contributed by atoms with Gasteiger partial charge >= 0.3 is 11.9 Å². The van der Waals surface area contributed by atoms with Gasteiger partial charge in [-0.25, -0.2) is 0 Å². The highest BCUT2D eigenvalue weighted by Crippen LogP contribution is 2.42. The van der Waals surface area contributed by atoms with Gasteiger partial charge in [0, 0.05) is 26.2 Å². The Hall–Kier alpha value is -1.52. The highest BCUT2D eigenvalue weighted by Gasteiger charge is 2.45. The van der Waals surface area contributed by atoms with E-state index in [4.69, 9.17) is 14.2 Å². The summed E-state index contributed by atoms with van der Waals surface area (Å²) in [5, 5.41) is 0. The third kappa shape index (κ3) is 2.60. The van der Waals surface area contributed by atoms with E-state index in [1.54, 1.807) is 0 Å². The first-order valence-corrected chi connectivity index (χ1v) is 5.71. The second kappa shape index (κ2) is 4.77. The lowest BCUT2D eigenvalue weighted by molar-refractivity contribution is -0.146. The van der Waals surface area contributed by atoms with Gasteiger partial charge in [0.2, 0.25) is 0 Å². The second-order valence-electron chi connectivity index (χ2n) is 4.37. The second-order valence-corrected chi connectivity index (χ2v) is 4.37. The summed E-state index contributed by atoms with van der Waals surface area (Å²) in [7, 11) is 0. The monoisotopic (exact) mass is 240 g/mol. The van der Waals surface area contributed by atoms with Crippen LogP contribution in [0.3, 0.4) is 0 Å².